The van der Waals surface area contributed by atoms with Crippen molar-refractivity contribution in [1.29, 1.82) is 0 Å². The summed E-state index contributed by atoms with van der Waals surface area (Å²) in [6, 6.07) is 0. The van der Waals surface area contributed by atoms with Crippen molar-refractivity contribution in [3.63, 3.8) is 0 Å². The molecule has 10 nitrogen and oxygen atoms in total. The van der Waals surface area contributed by atoms with E-state index in [2.05, 4.69) is 9.51 Å². The van der Waals surface area contributed by atoms with Crippen molar-refractivity contribution in [2.75, 3.05) is 6.61 Å². The number of rotatable bonds is 4. The van der Waals surface area contributed by atoms with Gasteiger partial charge < -0.3 is 24.7 Å². The molecule has 2 heterocycles. The molecule has 5 N–H and O–H groups in total. The zero-order chi connectivity index (χ0) is 17.6. The van der Waals surface area contributed by atoms with Gasteiger partial charge in [-0.2, -0.15) is 0 Å². The molecular formula is C9H11ClFN2O8PS. The van der Waals surface area contributed by atoms with Crippen LogP contribution in [0.3, 0.4) is 0 Å². The van der Waals surface area contributed by atoms with Crippen molar-refractivity contribution in [2.24, 2.45) is 0 Å². The highest BCUT2D eigenvalue weighted by molar-refractivity contribution is 7.71. The molecule has 0 bridgehead atoms. The van der Waals surface area contributed by atoms with E-state index in [1.54, 1.807) is 0 Å². The number of nitrogens with one attached hydrogen (secondary N) is 1. The zero-order valence-electron chi connectivity index (χ0n) is 11.0. The number of aliphatic hydroxyl groups is 2. The number of H-pyrrole nitrogens is 1. The lowest BCUT2D eigenvalue weighted by atomic mass is 10.1. The van der Waals surface area contributed by atoms with Crippen LogP contribution in [0.1, 0.15) is 6.23 Å². The summed E-state index contributed by atoms with van der Waals surface area (Å²) in [6.45, 7) is -1.38. The van der Waals surface area contributed by atoms with E-state index in [1.165, 1.54) is 0 Å². The van der Waals surface area contributed by atoms with Crippen molar-refractivity contribution in [3.8, 4) is 0 Å². The quantitative estimate of drug-likeness (QED) is 0.339. The number of nitrogens with zero attached hydrogens (tertiary/aromatic N) is 1. The van der Waals surface area contributed by atoms with Crippen molar-refractivity contribution in [1.82, 2.24) is 9.55 Å². The number of phosphoric acid groups is 1. The average Bonchev–Trinajstić information content (AvgIpc) is 2.65. The van der Waals surface area contributed by atoms with E-state index in [4.69, 9.17) is 38.3 Å². The van der Waals surface area contributed by atoms with E-state index in [1.807, 2.05) is 0 Å². The Morgan fingerprint density at radius 2 is 2.17 bits per heavy atom. The van der Waals surface area contributed by atoms with E-state index in [-0.39, 0.29) is 9.66 Å². The Balaban J connectivity index is 2.33. The van der Waals surface area contributed by atoms with Gasteiger partial charge >= 0.3 is 13.5 Å². The number of hydrogen-bond donors (Lipinski definition) is 5. The van der Waals surface area contributed by atoms with Gasteiger partial charge in [0.1, 0.15) is 23.5 Å². The van der Waals surface area contributed by atoms with Crippen LogP contribution in [0.25, 0.3) is 0 Å². The van der Waals surface area contributed by atoms with Gasteiger partial charge in [-0.1, -0.05) is 23.8 Å². The number of aromatic nitrogens is 2. The second-order valence-electron chi connectivity index (χ2n) is 4.64. The summed E-state index contributed by atoms with van der Waals surface area (Å²) in [5, 5.41) is 19.4. The molecule has 0 aromatic carbocycles. The second kappa shape index (κ2) is 6.31. The van der Waals surface area contributed by atoms with E-state index in [0.29, 0.717) is 4.57 Å². The standard InChI is InChI=1S/C9H11ClFN2O8PS/c10-3-1-13(8(16)12-6(3)23)7-4(14)5(15)9(11,21-7)2-20-22(17,18)19/h1,4-5,7,14-15H,2H2,(H,12,16,23)(H2,17,18,19)/t4-,5+,7-,9-/m1/s1. The normalized spacial score (nSPS) is 31.5. The van der Waals surface area contributed by atoms with Crippen LogP contribution in [0.2, 0.25) is 5.02 Å². The van der Waals surface area contributed by atoms with Crippen molar-refractivity contribution in [2.45, 2.75) is 24.3 Å². The van der Waals surface area contributed by atoms with Crippen LogP contribution < -0.4 is 5.69 Å². The van der Waals surface area contributed by atoms with Gasteiger partial charge in [-0.25, -0.2) is 13.8 Å². The molecule has 0 saturated carbocycles. The van der Waals surface area contributed by atoms with Crippen LogP contribution in [-0.2, 0) is 13.8 Å². The molecule has 0 aliphatic carbocycles. The van der Waals surface area contributed by atoms with Crippen LogP contribution in [-0.4, -0.2) is 54.2 Å². The molecule has 23 heavy (non-hydrogen) atoms. The fourth-order valence-corrected chi connectivity index (χ4v) is 2.55. The Hall–Kier alpha value is -0.690. The Kier molecular flexibility index (Phi) is 5.12. The first-order valence-electron chi connectivity index (χ1n) is 5.88. The van der Waals surface area contributed by atoms with Gasteiger partial charge in [0.2, 0.25) is 0 Å². The summed E-state index contributed by atoms with van der Waals surface area (Å²) in [7, 11) is -5.04. The predicted octanol–water partition coefficient (Wildman–Crippen LogP) is -0.415. The fourth-order valence-electron chi connectivity index (χ4n) is 1.91. The van der Waals surface area contributed by atoms with Crippen molar-refractivity contribution >= 4 is 31.6 Å². The molecule has 1 aliphatic heterocycles. The molecule has 4 atom stereocenters. The molecule has 1 aromatic rings. The molecule has 1 aliphatic rings. The zero-order valence-corrected chi connectivity index (χ0v) is 13.5. The largest absolute Gasteiger partial charge is 0.469 e. The maximum atomic E-state index is 14.5. The molecular weight excluding hydrogens is 382 g/mol. The SMILES string of the molecule is O=c1[nH]c(=S)c(Cl)cn1[C@@H]1O[C@](F)(COP(=O)(O)O)[C@@H](O)[C@H]1O. The fraction of sp³-hybridized carbons (Fsp3) is 0.556. The minimum Gasteiger partial charge on any atom is -0.385 e. The molecule has 1 fully saturated rings. The molecule has 0 unspecified atom stereocenters. The third-order valence-corrected chi connectivity index (χ3v) is 4.19. The average molecular weight is 393 g/mol. The summed E-state index contributed by atoms with van der Waals surface area (Å²) in [5.41, 5.74) is -0.907. The molecule has 0 amide bonds. The molecule has 2 rings (SSSR count). The van der Waals surface area contributed by atoms with Crippen LogP contribution in [0.15, 0.2) is 11.0 Å². The number of aromatic amines is 1. The Labute approximate surface area is 137 Å². The minimum absolute atomic E-state index is 0.0997. The van der Waals surface area contributed by atoms with E-state index < -0.39 is 44.4 Å². The number of hydrogen-bond acceptors (Lipinski definition) is 7. The van der Waals surface area contributed by atoms with Crippen molar-refractivity contribution < 1.29 is 38.2 Å². The maximum Gasteiger partial charge on any atom is 0.469 e. The third kappa shape index (κ3) is 3.87. The van der Waals surface area contributed by atoms with E-state index >= 15 is 0 Å². The molecule has 1 saturated heterocycles. The van der Waals surface area contributed by atoms with Crippen LogP contribution in [0, 0.1) is 4.64 Å². The van der Waals surface area contributed by atoms with Gasteiger partial charge in [0, 0.05) is 6.20 Å². The van der Waals surface area contributed by atoms with E-state index in [0.717, 1.165) is 6.20 Å². The highest BCUT2D eigenvalue weighted by atomic mass is 35.5. The van der Waals surface area contributed by atoms with Gasteiger partial charge in [0.15, 0.2) is 6.23 Å². The summed E-state index contributed by atoms with van der Waals surface area (Å²) in [5.74, 6) is -3.16. The Morgan fingerprint density at radius 3 is 2.74 bits per heavy atom. The highest BCUT2D eigenvalue weighted by Crippen LogP contribution is 2.43. The van der Waals surface area contributed by atoms with Gasteiger partial charge in [0.25, 0.3) is 5.85 Å². The van der Waals surface area contributed by atoms with Crippen LogP contribution >= 0.6 is 31.6 Å². The summed E-state index contributed by atoms with van der Waals surface area (Å²) >= 11 is 10.4. The predicted molar refractivity (Wildman–Crippen MR) is 74.9 cm³/mol. The topological polar surface area (TPSA) is 154 Å². The summed E-state index contributed by atoms with van der Waals surface area (Å²) in [4.78, 5) is 31.1. The Morgan fingerprint density at radius 1 is 1.57 bits per heavy atom. The van der Waals surface area contributed by atoms with Gasteiger partial charge in [0.05, 0.1) is 5.02 Å². The first kappa shape index (κ1) is 18.6. The lowest BCUT2D eigenvalue weighted by Gasteiger charge is -2.22. The van der Waals surface area contributed by atoms with Crippen molar-refractivity contribution in [3.05, 3.63) is 26.3 Å². The van der Waals surface area contributed by atoms with Gasteiger partial charge in [-0.05, 0) is 0 Å². The molecule has 1 aromatic heterocycles. The smallest absolute Gasteiger partial charge is 0.385 e. The number of ether oxygens (including phenoxy) is 1. The maximum absolute atomic E-state index is 14.5. The van der Waals surface area contributed by atoms with E-state index in [9.17, 15) is 24.0 Å². The first-order valence-corrected chi connectivity index (χ1v) is 8.20. The van der Waals surface area contributed by atoms with Gasteiger partial charge in [-0.3, -0.25) is 14.1 Å². The second-order valence-corrected chi connectivity index (χ2v) is 6.69. The van der Waals surface area contributed by atoms with Crippen LogP contribution in [0.5, 0.6) is 0 Å². The monoisotopic (exact) mass is 392 g/mol. The summed E-state index contributed by atoms with van der Waals surface area (Å²) in [6.07, 6.45) is -4.96. The Bertz CT molecular complexity index is 767. The number of alkyl halides is 1. The first-order chi connectivity index (χ1) is 10.4. The lowest BCUT2D eigenvalue weighted by molar-refractivity contribution is -0.205. The molecule has 0 spiro atoms. The lowest BCUT2D eigenvalue weighted by Crippen LogP contribution is -2.42. The van der Waals surface area contributed by atoms with Crippen LogP contribution in [0.4, 0.5) is 4.39 Å². The number of halogens is 2. The number of aliphatic hydroxyl groups excluding tert-OH is 2. The summed E-state index contributed by atoms with van der Waals surface area (Å²) < 4.78 is 34.3. The highest BCUT2D eigenvalue weighted by Gasteiger charge is 2.57. The molecule has 0 radical (unpaired) electrons. The van der Waals surface area contributed by atoms with Gasteiger partial charge in [-0.15, -0.1) is 0 Å². The third-order valence-electron chi connectivity index (χ3n) is 3.00. The number of phosphoric ester groups is 1. The molecule has 14 heteroatoms. The molecule has 130 valence electrons. The minimum atomic E-state index is -5.04.